The van der Waals surface area contributed by atoms with Crippen LogP contribution in [0.3, 0.4) is 0 Å². The van der Waals surface area contributed by atoms with Crippen molar-refractivity contribution < 1.29 is 14.3 Å². The van der Waals surface area contributed by atoms with E-state index in [-0.39, 0.29) is 17.9 Å². The summed E-state index contributed by atoms with van der Waals surface area (Å²) < 4.78 is 13.2. The highest BCUT2D eigenvalue weighted by molar-refractivity contribution is 5.79. The van der Waals surface area contributed by atoms with Gasteiger partial charge in [0.2, 0.25) is 5.91 Å². The molecule has 6 nitrogen and oxygen atoms in total. The Labute approximate surface area is 178 Å². The van der Waals surface area contributed by atoms with E-state index in [1.807, 2.05) is 63.2 Å². The van der Waals surface area contributed by atoms with Crippen molar-refractivity contribution in [1.82, 2.24) is 14.9 Å². The maximum absolute atomic E-state index is 12.6. The predicted molar refractivity (Wildman–Crippen MR) is 119 cm³/mol. The van der Waals surface area contributed by atoms with Gasteiger partial charge in [-0.25, -0.2) is 4.98 Å². The topological polar surface area (TPSA) is 65.4 Å². The highest BCUT2D eigenvalue weighted by atomic mass is 16.5. The number of para-hydroxylation sites is 2. The number of aromatic nitrogens is 2. The zero-order valence-electron chi connectivity index (χ0n) is 18.2. The van der Waals surface area contributed by atoms with Gasteiger partial charge in [0, 0.05) is 5.92 Å². The number of hydrogen-bond acceptors (Lipinski definition) is 4. The molecular weight excluding hydrogens is 378 g/mol. The number of methoxy groups -OCH3 is 1. The molecule has 30 heavy (non-hydrogen) atoms. The van der Waals surface area contributed by atoms with Crippen LogP contribution in [0.15, 0.2) is 48.5 Å². The zero-order valence-corrected chi connectivity index (χ0v) is 18.2. The number of amides is 1. The number of fused-ring (bicyclic) bond motifs is 1. The fourth-order valence-corrected chi connectivity index (χ4v) is 3.64. The lowest BCUT2D eigenvalue weighted by Crippen LogP contribution is -2.33. The zero-order chi connectivity index (χ0) is 21.5. The second-order valence-corrected chi connectivity index (χ2v) is 7.38. The Morgan fingerprint density at radius 2 is 1.73 bits per heavy atom. The van der Waals surface area contributed by atoms with Crippen LogP contribution < -0.4 is 14.8 Å². The van der Waals surface area contributed by atoms with Crippen molar-refractivity contribution >= 4 is 16.9 Å². The molecule has 0 saturated heterocycles. The number of carbonyl (C=O) groups excluding carboxylic acids is 1. The lowest BCUT2D eigenvalue weighted by molar-refractivity contribution is -0.125. The standard InChI is InChI=1S/C24H31N3O3/c1-5-18(6-2)24(28)25-17(3)23-26-21-9-7-8-10-22(21)27(23)15-16-30-20-13-11-19(29-4)12-14-20/h7-14,17-18H,5-6,15-16H2,1-4H3,(H,25,28). The lowest BCUT2D eigenvalue weighted by Gasteiger charge is -2.19. The summed E-state index contributed by atoms with van der Waals surface area (Å²) in [5.41, 5.74) is 1.95. The monoisotopic (exact) mass is 409 g/mol. The number of hydrogen-bond donors (Lipinski definition) is 1. The van der Waals surface area contributed by atoms with Crippen molar-refractivity contribution in [1.29, 1.82) is 0 Å². The molecule has 0 aliphatic heterocycles. The molecule has 1 N–H and O–H groups in total. The Hall–Kier alpha value is -3.02. The number of ether oxygens (including phenoxy) is 2. The number of rotatable bonds is 10. The van der Waals surface area contributed by atoms with E-state index in [4.69, 9.17) is 14.5 Å². The Balaban J connectivity index is 1.76. The Bertz CT molecular complexity index is 961. The van der Waals surface area contributed by atoms with Crippen LogP contribution in [0.5, 0.6) is 11.5 Å². The van der Waals surface area contributed by atoms with Gasteiger partial charge in [-0.3, -0.25) is 4.79 Å². The van der Waals surface area contributed by atoms with Crippen molar-refractivity contribution in [2.24, 2.45) is 5.92 Å². The fourth-order valence-electron chi connectivity index (χ4n) is 3.64. The first-order valence-corrected chi connectivity index (χ1v) is 10.6. The summed E-state index contributed by atoms with van der Waals surface area (Å²) >= 11 is 0. The molecule has 0 aliphatic carbocycles. The van der Waals surface area contributed by atoms with Crippen LogP contribution in [0.2, 0.25) is 0 Å². The second kappa shape index (κ2) is 10.1. The minimum Gasteiger partial charge on any atom is -0.497 e. The quantitative estimate of drug-likeness (QED) is 0.525. The highest BCUT2D eigenvalue weighted by Gasteiger charge is 2.21. The highest BCUT2D eigenvalue weighted by Crippen LogP contribution is 2.22. The van der Waals surface area contributed by atoms with E-state index >= 15 is 0 Å². The van der Waals surface area contributed by atoms with Crippen LogP contribution in [0.25, 0.3) is 11.0 Å². The molecule has 160 valence electrons. The van der Waals surface area contributed by atoms with Crippen LogP contribution in [0, 0.1) is 5.92 Å². The normalized spacial score (nSPS) is 12.2. The molecule has 1 amide bonds. The fraction of sp³-hybridized carbons (Fsp3) is 0.417. The molecule has 3 rings (SSSR count). The maximum atomic E-state index is 12.6. The van der Waals surface area contributed by atoms with Crippen LogP contribution in [0.1, 0.15) is 45.5 Å². The molecule has 0 aliphatic rings. The van der Waals surface area contributed by atoms with E-state index in [1.165, 1.54) is 0 Å². The number of carbonyl (C=O) groups is 1. The van der Waals surface area contributed by atoms with Crippen molar-refractivity contribution in [2.45, 2.75) is 46.2 Å². The van der Waals surface area contributed by atoms with Crippen LogP contribution in [0.4, 0.5) is 0 Å². The molecular formula is C24H31N3O3. The van der Waals surface area contributed by atoms with E-state index in [0.717, 1.165) is 41.2 Å². The van der Waals surface area contributed by atoms with E-state index in [1.54, 1.807) is 7.11 Å². The van der Waals surface area contributed by atoms with Gasteiger partial charge in [-0.05, 0) is 56.2 Å². The maximum Gasteiger partial charge on any atom is 0.223 e. The molecule has 1 heterocycles. The van der Waals surface area contributed by atoms with Gasteiger partial charge in [-0.15, -0.1) is 0 Å². The Morgan fingerprint density at radius 3 is 2.40 bits per heavy atom. The van der Waals surface area contributed by atoms with Gasteiger partial charge in [0.15, 0.2) is 0 Å². The third-order valence-corrected chi connectivity index (χ3v) is 5.43. The molecule has 2 aromatic carbocycles. The summed E-state index contributed by atoms with van der Waals surface area (Å²) in [6, 6.07) is 15.4. The predicted octanol–water partition coefficient (Wildman–Crippen LogP) is 4.74. The molecule has 0 fully saturated rings. The summed E-state index contributed by atoms with van der Waals surface area (Å²) in [6.07, 6.45) is 1.67. The average molecular weight is 410 g/mol. The first-order valence-electron chi connectivity index (χ1n) is 10.6. The smallest absolute Gasteiger partial charge is 0.223 e. The first kappa shape index (κ1) is 21.7. The Kier molecular flexibility index (Phi) is 7.33. The molecule has 6 heteroatoms. The van der Waals surface area contributed by atoms with E-state index in [0.29, 0.717) is 13.2 Å². The lowest BCUT2D eigenvalue weighted by atomic mass is 10.0. The molecule has 1 unspecified atom stereocenters. The summed E-state index contributed by atoms with van der Waals surface area (Å²) in [5.74, 6) is 2.54. The summed E-state index contributed by atoms with van der Waals surface area (Å²) in [5, 5.41) is 3.14. The van der Waals surface area contributed by atoms with Crippen molar-refractivity contribution in [3.05, 3.63) is 54.4 Å². The number of benzene rings is 2. The van der Waals surface area contributed by atoms with Gasteiger partial charge in [0.25, 0.3) is 0 Å². The largest absolute Gasteiger partial charge is 0.497 e. The molecule has 0 spiro atoms. The molecule has 0 bridgehead atoms. The van der Waals surface area contributed by atoms with Gasteiger partial charge >= 0.3 is 0 Å². The molecule has 3 aromatic rings. The summed E-state index contributed by atoms with van der Waals surface area (Å²) in [7, 11) is 1.64. The minimum atomic E-state index is -0.188. The van der Waals surface area contributed by atoms with Crippen molar-refractivity contribution in [3.63, 3.8) is 0 Å². The average Bonchev–Trinajstić information content (AvgIpc) is 3.14. The third-order valence-electron chi connectivity index (χ3n) is 5.43. The van der Waals surface area contributed by atoms with Gasteiger partial charge in [-0.1, -0.05) is 26.0 Å². The van der Waals surface area contributed by atoms with Crippen molar-refractivity contribution in [3.8, 4) is 11.5 Å². The van der Waals surface area contributed by atoms with E-state index in [2.05, 4.69) is 16.0 Å². The number of imidazole rings is 1. The molecule has 0 radical (unpaired) electrons. The van der Waals surface area contributed by atoms with E-state index in [9.17, 15) is 4.79 Å². The second-order valence-electron chi connectivity index (χ2n) is 7.38. The van der Waals surface area contributed by atoms with Gasteiger partial charge in [-0.2, -0.15) is 0 Å². The molecule has 1 aromatic heterocycles. The van der Waals surface area contributed by atoms with E-state index < -0.39 is 0 Å². The van der Waals surface area contributed by atoms with Crippen LogP contribution in [-0.4, -0.2) is 29.2 Å². The van der Waals surface area contributed by atoms with Crippen LogP contribution >= 0.6 is 0 Å². The molecule has 1 atom stereocenters. The third kappa shape index (κ3) is 4.93. The summed E-state index contributed by atoms with van der Waals surface area (Å²) in [6.45, 7) is 7.20. The van der Waals surface area contributed by atoms with Gasteiger partial charge in [0.05, 0.1) is 30.7 Å². The van der Waals surface area contributed by atoms with Crippen molar-refractivity contribution in [2.75, 3.05) is 13.7 Å². The van der Waals surface area contributed by atoms with Crippen LogP contribution in [-0.2, 0) is 11.3 Å². The molecule has 0 saturated carbocycles. The summed E-state index contributed by atoms with van der Waals surface area (Å²) in [4.78, 5) is 17.4. The number of nitrogens with one attached hydrogen (secondary N) is 1. The Morgan fingerprint density at radius 1 is 1.07 bits per heavy atom. The SMILES string of the molecule is CCC(CC)C(=O)NC(C)c1nc2ccccc2n1CCOc1ccc(OC)cc1. The van der Waals surface area contributed by atoms with Gasteiger partial charge in [0.1, 0.15) is 23.9 Å². The van der Waals surface area contributed by atoms with Gasteiger partial charge < -0.3 is 19.4 Å². The first-order chi connectivity index (χ1) is 14.6. The minimum absolute atomic E-state index is 0.0312. The number of nitrogens with zero attached hydrogens (tertiary/aromatic N) is 2.